The third-order valence-electron chi connectivity index (χ3n) is 4.25. The van der Waals surface area contributed by atoms with Gasteiger partial charge >= 0.3 is 0 Å². The van der Waals surface area contributed by atoms with Gasteiger partial charge in [-0.2, -0.15) is 0 Å². The van der Waals surface area contributed by atoms with Crippen molar-refractivity contribution in [2.45, 2.75) is 25.3 Å². The van der Waals surface area contributed by atoms with Gasteiger partial charge in [0.05, 0.1) is 5.69 Å². The first kappa shape index (κ1) is 16.8. The minimum absolute atomic E-state index is 0.0258. The molecular weight excluding hydrogens is 320 g/mol. The molecule has 1 aliphatic heterocycles. The second kappa shape index (κ2) is 7.21. The Balaban J connectivity index is 1.86. The number of carbonyl (C=O) groups is 3. The number of H-pyrrole nitrogens is 1. The summed E-state index contributed by atoms with van der Waals surface area (Å²) in [6, 6.07) is 9.97. The van der Waals surface area contributed by atoms with Crippen LogP contribution < -0.4 is 11.1 Å². The van der Waals surface area contributed by atoms with E-state index in [2.05, 4.69) is 10.3 Å². The molecule has 0 bridgehead atoms. The lowest BCUT2D eigenvalue weighted by atomic mass is 10.0. The maximum absolute atomic E-state index is 12.9. The molecule has 4 N–H and O–H groups in total. The summed E-state index contributed by atoms with van der Waals surface area (Å²) in [6.07, 6.45) is 3.67. The van der Waals surface area contributed by atoms with Gasteiger partial charge in [0, 0.05) is 19.2 Å². The molecule has 1 atom stereocenters. The van der Waals surface area contributed by atoms with Crippen LogP contribution in [0, 0.1) is 0 Å². The van der Waals surface area contributed by atoms with Gasteiger partial charge in [-0.1, -0.05) is 30.3 Å². The van der Waals surface area contributed by atoms with Crippen molar-refractivity contribution in [1.82, 2.24) is 9.88 Å². The summed E-state index contributed by atoms with van der Waals surface area (Å²) >= 11 is 0. The quantitative estimate of drug-likeness (QED) is 0.772. The highest BCUT2D eigenvalue weighted by Crippen LogP contribution is 2.27. The minimum atomic E-state index is -0.707. The molecule has 2 aromatic rings. The monoisotopic (exact) mass is 340 g/mol. The molecule has 1 aromatic heterocycles. The van der Waals surface area contributed by atoms with Gasteiger partial charge in [-0.3, -0.25) is 14.4 Å². The second-order valence-electron chi connectivity index (χ2n) is 6.01. The molecule has 0 spiro atoms. The number of carbonyl (C=O) groups excluding carboxylic acids is 3. The number of nitrogens with one attached hydrogen (secondary N) is 2. The van der Waals surface area contributed by atoms with Crippen LogP contribution in [0.3, 0.4) is 0 Å². The largest absolute Gasteiger partial charge is 0.364 e. The lowest BCUT2D eigenvalue weighted by Crippen LogP contribution is -2.43. The molecular formula is C18H20N4O3. The molecule has 7 heteroatoms. The number of nitrogens with zero attached hydrogens (tertiary/aromatic N) is 1. The van der Waals surface area contributed by atoms with Crippen LogP contribution in [-0.2, 0) is 9.59 Å². The summed E-state index contributed by atoms with van der Waals surface area (Å²) in [5, 5.41) is 2.76. The first-order valence-corrected chi connectivity index (χ1v) is 8.20. The summed E-state index contributed by atoms with van der Waals surface area (Å²) < 4.78 is 0. The van der Waals surface area contributed by atoms with E-state index in [-0.39, 0.29) is 17.5 Å². The fourth-order valence-electron chi connectivity index (χ4n) is 3.03. The molecule has 1 aliphatic rings. The molecule has 0 radical (unpaired) electrons. The molecule has 130 valence electrons. The molecule has 7 nitrogen and oxygen atoms in total. The van der Waals surface area contributed by atoms with Crippen LogP contribution in [0.15, 0.2) is 42.6 Å². The molecule has 0 saturated carbocycles. The summed E-state index contributed by atoms with van der Waals surface area (Å²) in [5.41, 5.74) is 6.60. The number of anilines is 1. The topological polar surface area (TPSA) is 108 Å². The summed E-state index contributed by atoms with van der Waals surface area (Å²) in [7, 11) is 0. The Hall–Kier alpha value is -3.09. The average molecular weight is 340 g/mol. The Bertz CT molecular complexity index is 785. The van der Waals surface area contributed by atoms with Gasteiger partial charge in [0.15, 0.2) is 0 Å². The summed E-state index contributed by atoms with van der Waals surface area (Å²) in [4.78, 5) is 40.7. The van der Waals surface area contributed by atoms with Crippen LogP contribution in [-0.4, -0.2) is 34.2 Å². The summed E-state index contributed by atoms with van der Waals surface area (Å²) in [6.45, 7) is 0.547. The number of hydrogen-bond acceptors (Lipinski definition) is 3. The van der Waals surface area contributed by atoms with Gasteiger partial charge in [0.2, 0.25) is 5.91 Å². The van der Waals surface area contributed by atoms with Crippen LogP contribution in [0.4, 0.5) is 5.69 Å². The molecule has 1 fully saturated rings. The van der Waals surface area contributed by atoms with E-state index in [4.69, 9.17) is 5.73 Å². The Morgan fingerprint density at radius 1 is 1.20 bits per heavy atom. The molecule has 1 aromatic carbocycles. The molecule has 0 unspecified atom stereocenters. The maximum Gasteiger partial charge on any atom is 0.265 e. The van der Waals surface area contributed by atoms with Crippen molar-refractivity contribution in [3.8, 4) is 0 Å². The van der Waals surface area contributed by atoms with Crippen LogP contribution in [0.2, 0.25) is 0 Å². The SMILES string of the molecule is NC(=O)c1cc(NC(=O)[C@@H](c2ccccc2)N2CCCCC2=O)c[nH]1. The molecule has 25 heavy (non-hydrogen) atoms. The van der Waals surface area contributed by atoms with Crippen molar-refractivity contribution in [2.75, 3.05) is 11.9 Å². The number of likely N-dealkylation sites (tertiary alicyclic amines) is 1. The van der Waals surface area contributed by atoms with E-state index in [1.165, 1.54) is 12.3 Å². The number of aromatic nitrogens is 1. The van der Waals surface area contributed by atoms with E-state index in [1.807, 2.05) is 30.3 Å². The van der Waals surface area contributed by atoms with Gasteiger partial charge in [-0.05, 0) is 24.5 Å². The van der Waals surface area contributed by atoms with E-state index in [0.29, 0.717) is 18.7 Å². The lowest BCUT2D eigenvalue weighted by molar-refractivity contribution is -0.141. The zero-order chi connectivity index (χ0) is 17.8. The average Bonchev–Trinajstić information content (AvgIpc) is 3.07. The highest BCUT2D eigenvalue weighted by Gasteiger charge is 2.32. The van der Waals surface area contributed by atoms with Crippen molar-refractivity contribution in [3.63, 3.8) is 0 Å². The number of amides is 3. The van der Waals surface area contributed by atoms with Crippen LogP contribution in [0.1, 0.15) is 41.4 Å². The Labute approximate surface area is 145 Å². The van der Waals surface area contributed by atoms with Gasteiger partial charge < -0.3 is 20.9 Å². The number of piperidine rings is 1. The second-order valence-corrected chi connectivity index (χ2v) is 6.01. The third-order valence-corrected chi connectivity index (χ3v) is 4.25. The maximum atomic E-state index is 12.9. The van der Waals surface area contributed by atoms with Crippen molar-refractivity contribution >= 4 is 23.4 Å². The molecule has 0 aliphatic carbocycles. The van der Waals surface area contributed by atoms with Crippen molar-refractivity contribution in [1.29, 1.82) is 0 Å². The predicted octanol–water partition coefficient (Wildman–Crippen LogP) is 1.81. The highest BCUT2D eigenvalue weighted by molar-refractivity contribution is 5.99. The Morgan fingerprint density at radius 3 is 2.60 bits per heavy atom. The standard InChI is InChI=1S/C18H20N4O3/c19-17(24)14-10-13(11-20-14)21-18(25)16(12-6-2-1-3-7-12)22-9-5-4-8-15(22)23/h1-3,6-7,10-11,16,20H,4-5,8-9H2,(H2,19,24)(H,21,25)/t16-/m1/s1. The van der Waals surface area contributed by atoms with Crippen LogP contribution in [0.25, 0.3) is 0 Å². The first-order valence-electron chi connectivity index (χ1n) is 8.20. The van der Waals surface area contributed by atoms with Crippen molar-refractivity contribution in [3.05, 3.63) is 53.9 Å². The smallest absolute Gasteiger partial charge is 0.265 e. The summed E-state index contributed by atoms with van der Waals surface area (Å²) in [5.74, 6) is -0.954. The lowest BCUT2D eigenvalue weighted by Gasteiger charge is -2.34. The normalized spacial score (nSPS) is 15.7. The number of nitrogens with two attached hydrogens (primary N) is 1. The molecule has 3 rings (SSSR count). The zero-order valence-corrected chi connectivity index (χ0v) is 13.7. The van der Waals surface area contributed by atoms with E-state index in [1.54, 1.807) is 4.90 Å². The van der Waals surface area contributed by atoms with Gasteiger partial charge in [0.1, 0.15) is 11.7 Å². The number of rotatable bonds is 5. The van der Waals surface area contributed by atoms with Gasteiger partial charge in [0.25, 0.3) is 11.8 Å². The number of benzene rings is 1. The van der Waals surface area contributed by atoms with E-state index in [0.717, 1.165) is 18.4 Å². The van der Waals surface area contributed by atoms with E-state index in [9.17, 15) is 14.4 Å². The van der Waals surface area contributed by atoms with Gasteiger partial charge in [-0.25, -0.2) is 0 Å². The first-order chi connectivity index (χ1) is 12.1. The molecule has 1 saturated heterocycles. The van der Waals surface area contributed by atoms with Gasteiger partial charge in [-0.15, -0.1) is 0 Å². The number of hydrogen-bond donors (Lipinski definition) is 3. The Morgan fingerprint density at radius 2 is 1.96 bits per heavy atom. The minimum Gasteiger partial charge on any atom is -0.364 e. The number of aromatic amines is 1. The van der Waals surface area contributed by atoms with E-state index < -0.39 is 11.9 Å². The van der Waals surface area contributed by atoms with Crippen LogP contribution in [0.5, 0.6) is 0 Å². The van der Waals surface area contributed by atoms with Crippen molar-refractivity contribution in [2.24, 2.45) is 5.73 Å². The number of primary amides is 1. The molecule has 3 amide bonds. The predicted molar refractivity (Wildman–Crippen MR) is 92.7 cm³/mol. The molecule has 2 heterocycles. The fraction of sp³-hybridized carbons (Fsp3) is 0.278. The third kappa shape index (κ3) is 3.71. The highest BCUT2D eigenvalue weighted by atomic mass is 16.2. The van der Waals surface area contributed by atoms with E-state index >= 15 is 0 Å². The Kier molecular flexibility index (Phi) is 4.83. The zero-order valence-electron chi connectivity index (χ0n) is 13.7. The van der Waals surface area contributed by atoms with Crippen molar-refractivity contribution < 1.29 is 14.4 Å². The fourth-order valence-corrected chi connectivity index (χ4v) is 3.03. The van der Waals surface area contributed by atoms with Crippen LogP contribution >= 0.6 is 0 Å².